The molecule has 0 saturated heterocycles. The number of nitrogens with one attached hydrogen (secondary N) is 1. The summed E-state index contributed by atoms with van der Waals surface area (Å²) in [5.41, 5.74) is 1.22. The standard InChI is InChI=1S/C15H21Cl2NO/c1-10(3-2-8-19)18-15(11-4-5-11)12-6-7-13(16)14(17)9-12/h6-7,9-11,15,18-19H,2-5,8H2,1H3. The van der Waals surface area contributed by atoms with Crippen LogP contribution in [0.4, 0.5) is 0 Å². The number of aliphatic hydroxyl groups excluding tert-OH is 1. The molecule has 1 aromatic rings. The van der Waals surface area contributed by atoms with E-state index in [9.17, 15) is 0 Å². The number of hydrogen-bond donors (Lipinski definition) is 2. The van der Waals surface area contributed by atoms with Gasteiger partial charge < -0.3 is 10.4 Å². The molecule has 1 saturated carbocycles. The summed E-state index contributed by atoms with van der Waals surface area (Å²) in [6.07, 6.45) is 4.36. The maximum Gasteiger partial charge on any atom is 0.0595 e. The van der Waals surface area contributed by atoms with Crippen molar-refractivity contribution in [1.29, 1.82) is 0 Å². The molecule has 106 valence electrons. The molecule has 1 fully saturated rings. The maximum absolute atomic E-state index is 8.89. The molecule has 0 aliphatic heterocycles. The Morgan fingerprint density at radius 3 is 2.63 bits per heavy atom. The molecule has 19 heavy (non-hydrogen) atoms. The molecule has 1 aromatic carbocycles. The zero-order valence-corrected chi connectivity index (χ0v) is 12.7. The normalized spacial score (nSPS) is 18.3. The molecule has 1 aliphatic carbocycles. The SMILES string of the molecule is CC(CCCO)NC(c1ccc(Cl)c(Cl)c1)C1CC1. The lowest BCUT2D eigenvalue weighted by Crippen LogP contribution is -2.32. The summed E-state index contributed by atoms with van der Waals surface area (Å²) in [5, 5.41) is 13.8. The summed E-state index contributed by atoms with van der Waals surface area (Å²) in [5.74, 6) is 0.703. The average molecular weight is 302 g/mol. The van der Waals surface area contributed by atoms with Crippen molar-refractivity contribution in [3.05, 3.63) is 33.8 Å². The molecule has 0 heterocycles. The second-order valence-electron chi connectivity index (χ2n) is 5.42. The number of aliphatic hydroxyl groups is 1. The van der Waals surface area contributed by atoms with Crippen LogP contribution in [0.5, 0.6) is 0 Å². The Kier molecular flexibility index (Phi) is 5.52. The smallest absolute Gasteiger partial charge is 0.0595 e. The third-order valence-electron chi connectivity index (χ3n) is 3.66. The summed E-state index contributed by atoms with van der Waals surface area (Å²) in [7, 11) is 0. The third-order valence-corrected chi connectivity index (χ3v) is 4.39. The lowest BCUT2D eigenvalue weighted by molar-refractivity contribution is 0.272. The van der Waals surface area contributed by atoms with E-state index in [1.54, 1.807) is 0 Å². The van der Waals surface area contributed by atoms with Gasteiger partial charge in [-0.3, -0.25) is 0 Å². The monoisotopic (exact) mass is 301 g/mol. The van der Waals surface area contributed by atoms with Crippen molar-refractivity contribution < 1.29 is 5.11 Å². The summed E-state index contributed by atoms with van der Waals surface area (Å²) in [6, 6.07) is 6.65. The Hall–Kier alpha value is -0.280. The molecular formula is C15H21Cl2NO. The van der Waals surface area contributed by atoms with E-state index in [-0.39, 0.29) is 6.61 Å². The molecule has 2 rings (SSSR count). The Labute approximate surface area is 125 Å². The van der Waals surface area contributed by atoms with Gasteiger partial charge in [-0.2, -0.15) is 0 Å². The fraction of sp³-hybridized carbons (Fsp3) is 0.600. The highest BCUT2D eigenvalue weighted by Gasteiger charge is 2.33. The predicted octanol–water partition coefficient (Wildman–Crippen LogP) is 4.20. The highest BCUT2D eigenvalue weighted by atomic mass is 35.5. The van der Waals surface area contributed by atoms with E-state index in [2.05, 4.69) is 18.3 Å². The van der Waals surface area contributed by atoms with Gasteiger partial charge in [0.1, 0.15) is 0 Å². The second kappa shape index (κ2) is 6.94. The fourth-order valence-corrected chi connectivity index (χ4v) is 2.73. The quantitative estimate of drug-likeness (QED) is 0.791. The van der Waals surface area contributed by atoms with Crippen LogP contribution in [0.25, 0.3) is 0 Å². The molecule has 2 unspecified atom stereocenters. The Morgan fingerprint density at radius 2 is 2.05 bits per heavy atom. The molecule has 2 nitrogen and oxygen atoms in total. The molecule has 2 atom stereocenters. The average Bonchev–Trinajstić information content (AvgIpc) is 3.21. The van der Waals surface area contributed by atoms with E-state index in [1.807, 2.05) is 12.1 Å². The summed E-state index contributed by atoms with van der Waals surface area (Å²) >= 11 is 12.1. The van der Waals surface area contributed by atoms with Crippen LogP contribution in [-0.4, -0.2) is 17.8 Å². The van der Waals surface area contributed by atoms with Crippen molar-refractivity contribution in [1.82, 2.24) is 5.32 Å². The Morgan fingerprint density at radius 1 is 1.32 bits per heavy atom. The van der Waals surface area contributed by atoms with Crippen LogP contribution < -0.4 is 5.32 Å². The number of rotatable bonds is 7. The van der Waals surface area contributed by atoms with Crippen LogP contribution in [0.3, 0.4) is 0 Å². The Bertz CT molecular complexity index is 421. The molecule has 4 heteroatoms. The minimum absolute atomic E-state index is 0.257. The number of hydrogen-bond acceptors (Lipinski definition) is 2. The molecule has 0 aromatic heterocycles. The number of halogens is 2. The van der Waals surface area contributed by atoms with Gasteiger partial charge in [0.15, 0.2) is 0 Å². The lowest BCUT2D eigenvalue weighted by atomic mass is 10.0. The van der Waals surface area contributed by atoms with E-state index < -0.39 is 0 Å². The van der Waals surface area contributed by atoms with Crippen molar-refractivity contribution >= 4 is 23.2 Å². The highest BCUT2D eigenvalue weighted by Crippen LogP contribution is 2.42. The molecule has 2 N–H and O–H groups in total. The van der Waals surface area contributed by atoms with E-state index in [0.717, 1.165) is 12.8 Å². The van der Waals surface area contributed by atoms with Gasteiger partial charge in [0.05, 0.1) is 10.0 Å². The van der Waals surface area contributed by atoms with Gasteiger partial charge in [-0.1, -0.05) is 29.3 Å². The largest absolute Gasteiger partial charge is 0.396 e. The topological polar surface area (TPSA) is 32.3 Å². The van der Waals surface area contributed by atoms with Gasteiger partial charge in [0.2, 0.25) is 0 Å². The first-order chi connectivity index (χ1) is 9.11. The summed E-state index contributed by atoms with van der Waals surface area (Å²) in [6.45, 7) is 2.43. The molecule has 0 spiro atoms. The fourth-order valence-electron chi connectivity index (χ4n) is 2.43. The predicted molar refractivity (Wildman–Crippen MR) is 80.8 cm³/mol. The third kappa shape index (κ3) is 4.35. The van der Waals surface area contributed by atoms with Gasteiger partial charge in [-0.05, 0) is 56.2 Å². The summed E-state index contributed by atoms with van der Waals surface area (Å²) < 4.78 is 0. The van der Waals surface area contributed by atoms with Crippen molar-refractivity contribution in [3.8, 4) is 0 Å². The Balaban J connectivity index is 2.04. The van der Waals surface area contributed by atoms with E-state index in [0.29, 0.717) is 28.0 Å². The van der Waals surface area contributed by atoms with Crippen molar-refractivity contribution in [2.45, 2.75) is 44.7 Å². The van der Waals surface area contributed by atoms with Gasteiger partial charge >= 0.3 is 0 Å². The van der Waals surface area contributed by atoms with E-state index in [1.165, 1.54) is 18.4 Å². The van der Waals surface area contributed by atoms with Crippen LogP contribution in [0, 0.1) is 5.92 Å². The molecule has 0 bridgehead atoms. The van der Waals surface area contributed by atoms with Gasteiger partial charge in [0, 0.05) is 18.7 Å². The lowest BCUT2D eigenvalue weighted by Gasteiger charge is -2.24. The summed E-state index contributed by atoms with van der Waals surface area (Å²) in [4.78, 5) is 0. The maximum atomic E-state index is 8.89. The van der Waals surface area contributed by atoms with Crippen molar-refractivity contribution in [3.63, 3.8) is 0 Å². The molecule has 0 amide bonds. The highest BCUT2D eigenvalue weighted by molar-refractivity contribution is 6.42. The van der Waals surface area contributed by atoms with Crippen molar-refractivity contribution in [2.75, 3.05) is 6.61 Å². The zero-order chi connectivity index (χ0) is 13.8. The molecule has 0 radical (unpaired) electrons. The van der Waals surface area contributed by atoms with Crippen LogP contribution in [0.2, 0.25) is 10.0 Å². The van der Waals surface area contributed by atoms with Gasteiger partial charge in [-0.15, -0.1) is 0 Å². The molecular weight excluding hydrogens is 281 g/mol. The zero-order valence-electron chi connectivity index (χ0n) is 11.2. The van der Waals surface area contributed by atoms with Gasteiger partial charge in [-0.25, -0.2) is 0 Å². The minimum Gasteiger partial charge on any atom is -0.396 e. The first kappa shape index (κ1) is 15.1. The first-order valence-corrected chi connectivity index (χ1v) is 7.69. The number of benzene rings is 1. The van der Waals surface area contributed by atoms with Crippen LogP contribution >= 0.6 is 23.2 Å². The second-order valence-corrected chi connectivity index (χ2v) is 6.24. The van der Waals surface area contributed by atoms with E-state index in [4.69, 9.17) is 28.3 Å². The first-order valence-electron chi connectivity index (χ1n) is 6.93. The van der Waals surface area contributed by atoms with Crippen LogP contribution in [-0.2, 0) is 0 Å². The van der Waals surface area contributed by atoms with Crippen LogP contribution in [0.15, 0.2) is 18.2 Å². The van der Waals surface area contributed by atoms with Crippen LogP contribution in [0.1, 0.15) is 44.2 Å². The van der Waals surface area contributed by atoms with E-state index >= 15 is 0 Å². The van der Waals surface area contributed by atoms with Crippen molar-refractivity contribution in [2.24, 2.45) is 5.92 Å². The minimum atomic E-state index is 0.257. The van der Waals surface area contributed by atoms with Gasteiger partial charge in [0.25, 0.3) is 0 Å². The molecule has 1 aliphatic rings.